The smallest absolute Gasteiger partial charge is 0.171 e. The predicted octanol–water partition coefficient (Wildman–Crippen LogP) is 7.31. The van der Waals surface area contributed by atoms with E-state index in [1.165, 1.54) is 10.8 Å². The van der Waals surface area contributed by atoms with E-state index in [0.29, 0.717) is 13.2 Å². The molecule has 196 valence electrons. The third-order valence-corrected chi connectivity index (χ3v) is 8.43. The predicted molar refractivity (Wildman–Crippen MR) is 148 cm³/mol. The molecule has 2 fully saturated rings. The molecule has 3 aromatic rings. The van der Waals surface area contributed by atoms with Crippen molar-refractivity contribution in [2.24, 2.45) is 17.8 Å². The monoisotopic (exact) mass is 500 g/mol. The molecule has 0 N–H and O–H groups in total. The lowest BCUT2D eigenvalue weighted by atomic mass is 9.76. The van der Waals surface area contributed by atoms with Crippen LogP contribution >= 0.6 is 0 Å². The van der Waals surface area contributed by atoms with Crippen LogP contribution in [-0.4, -0.2) is 30.7 Å². The summed E-state index contributed by atoms with van der Waals surface area (Å²) in [4.78, 5) is 0. The van der Waals surface area contributed by atoms with Gasteiger partial charge >= 0.3 is 0 Å². The van der Waals surface area contributed by atoms with Gasteiger partial charge in [-0.3, -0.25) is 0 Å². The van der Waals surface area contributed by atoms with Crippen LogP contribution in [-0.2, 0) is 32.2 Å². The van der Waals surface area contributed by atoms with Crippen LogP contribution in [0.25, 0.3) is 10.8 Å². The molecule has 0 saturated carbocycles. The van der Waals surface area contributed by atoms with E-state index >= 15 is 0 Å². The standard InChI is InChI=1S/C33H40O4/c1-5-23(2)30(34-21-26-12-7-6-8-13-26)32-31(24(3)25(4)33(37-32)18-11-19-36-33)35-22-27-16-17-28-14-9-10-15-29(28)20-27/h5-10,12-17,20,23-25,30-32H,1,11,18-19,21-22H2,2-4H3/t23-,24+,25+,30+,31-,32+,33+/m1/s1. The quantitative estimate of drug-likeness (QED) is 0.289. The van der Waals surface area contributed by atoms with E-state index in [4.69, 9.17) is 18.9 Å². The first-order valence-electron chi connectivity index (χ1n) is 13.7. The minimum absolute atomic E-state index is 0.0829. The topological polar surface area (TPSA) is 36.9 Å². The van der Waals surface area contributed by atoms with E-state index in [0.717, 1.165) is 30.6 Å². The van der Waals surface area contributed by atoms with Crippen molar-refractivity contribution in [2.75, 3.05) is 6.61 Å². The molecule has 1 spiro atoms. The molecule has 2 aliphatic heterocycles. The van der Waals surface area contributed by atoms with Crippen LogP contribution in [0.15, 0.2) is 85.5 Å². The van der Waals surface area contributed by atoms with Crippen molar-refractivity contribution in [1.29, 1.82) is 0 Å². The van der Waals surface area contributed by atoms with Crippen molar-refractivity contribution in [2.45, 2.75) is 70.9 Å². The maximum atomic E-state index is 6.94. The molecule has 7 atom stereocenters. The van der Waals surface area contributed by atoms with E-state index in [1.807, 2.05) is 24.3 Å². The Morgan fingerprint density at radius 2 is 1.73 bits per heavy atom. The summed E-state index contributed by atoms with van der Waals surface area (Å²) in [6.45, 7) is 12.5. The number of fused-ring (bicyclic) bond motifs is 1. The SMILES string of the molecule is C=C[C@@H](C)[C@H](OCc1ccccc1)[C@@H]1O[C@@]2(CCCO2)[C@@H](C)[C@H](C)[C@H]1OCc1ccc2ccccc2c1. The molecule has 3 aromatic carbocycles. The van der Waals surface area contributed by atoms with Gasteiger partial charge in [0.15, 0.2) is 5.79 Å². The zero-order chi connectivity index (χ0) is 25.8. The Hall–Kier alpha value is -2.50. The molecule has 5 rings (SSSR count). The summed E-state index contributed by atoms with van der Waals surface area (Å²) in [7, 11) is 0. The molecule has 4 heteroatoms. The minimum Gasteiger partial charge on any atom is -0.370 e. The molecule has 0 radical (unpaired) electrons. The molecular formula is C33H40O4. The second-order valence-corrected chi connectivity index (χ2v) is 10.8. The maximum Gasteiger partial charge on any atom is 0.171 e. The van der Waals surface area contributed by atoms with E-state index in [2.05, 4.69) is 81.9 Å². The summed E-state index contributed by atoms with van der Waals surface area (Å²) in [5.74, 6) is -0.0550. The van der Waals surface area contributed by atoms with Gasteiger partial charge in [0.1, 0.15) is 6.10 Å². The third-order valence-electron chi connectivity index (χ3n) is 8.43. The van der Waals surface area contributed by atoms with Gasteiger partial charge in [-0.15, -0.1) is 6.58 Å². The summed E-state index contributed by atoms with van der Waals surface area (Å²) in [6.07, 6.45) is 3.25. The van der Waals surface area contributed by atoms with Crippen LogP contribution < -0.4 is 0 Å². The molecule has 2 aliphatic rings. The number of ether oxygens (including phenoxy) is 4. The molecule has 2 saturated heterocycles. The summed E-state index contributed by atoms with van der Waals surface area (Å²) >= 11 is 0. The Labute approximate surface area is 221 Å². The van der Waals surface area contributed by atoms with Crippen LogP contribution in [0.4, 0.5) is 0 Å². The van der Waals surface area contributed by atoms with Crippen LogP contribution in [0.5, 0.6) is 0 Å². The van der Waals surface area contributed by atoms with Crippen LogP contribution in [0.1, 0.15) is 44.7 Å². The van der Waals surface area contributed by atoms with Gasteiger partial charge in [0.2, 0.25) is 0 Å². The first kappa shape index (κ1) is 26.1. The lowest BCUT2D eigenvalue weighted by Crippen LogP contribution is -2.61. The molecule has 0 unspecified atom stereocenters. The van der Waals surface area contributed by atoms with Gasteiger partial charge in [-0.25, -0.2) is 0 Å². The summed E-state index contributed by atoms with van der Waals surface area (Å²) in [6, 6.07) is 25.3. The van der Waals surface area contributed by atoms with Gasteiger partial charge in [-0.1, -0.05) is 93.6 Å². The highest BCUT2D eigenvalue weighted by Gasteiger charge is 2.56. The fourth-order valence-corrected chi connectivity index (χ4v) is 5.94. The Morgan fingerprint density at radius 3 is 2.46 bits per heavy atom. The summed E-state index contributed by atoms with van der Waals surface area (Å²) in [5.41, 5.74) is 2.30. The van der Waals surface area contributed by atoms with Crippen LogP contribution in [0, 0.1) is 17.8 Å². The minimum atomic E-state index is -0.581. The fourth-order valence-electron chi connectivity index (χ4n) is 5.94. The zero-order valence-corrected chi connectivity index (χ0v) is 22.3. The second-order valence-electron chi connectivity index (χ2n) is 10.8. The highest BCUT2D eigenvalue weighted by Crippen LogP contribution is 2.47. The molecular weight excluding hydrogens is 460 g/mol. The van der Waals surface area contributed by atoms with Gasteiger partial charge in [0, 0.05) is 18.3 Å². The molecule has 0 aliphatic carbocycles. The summed E-state index contributed by atoms with van der Waals surface area (Å²) < 4.78 is 26.6. The van der Waals surface area contributed by atoms with Crippen molar-refractivity contribution >= 4 is 10.8 Å². The van der Waals surface area contributed by atoms with Gasteiger partial charge < -0.3 is 18.9 Å². The normalized spacial score (nSPS) is 29.4. The number of hydrogen-bond donors (Lipinski definition) is 0. The van der Waals surface area contributed by atoms with E-state index in [1.54, 1.807) is 0 Å². The molecule has 37 heavy (non-hydrogen) atoms. The molecule has 0 aromatic heterocycles. The number of hydrogen-bond acceptors (Lipinski definition) is 4. The first-order valence-corrected chi connectivity index (χ1v) is 13.7. The Morgan fingerprint density at radius 1 is 0.973 bits per heavy atom. The van der Waals surface area contributed by atoms with Crippen molar-refractivity contribution in [3.63, 3.8) is 0 Å². The van der Waals surface area contributed by atoms with Gasteiger partial charge in [-0.05, 0) is 40.3 Å². The Bertz CT molecular complexity index is 1170. The molecule has 4 nitrogen and oxygen atoms in total. The lowest BCUT2D eigenvalue weighted by Gasteiger charge is -2.52. The Kier molecular flexibility index (Phi) is 8.11. The zero-order valence-electron chi connectivity index (χ0n) is 22.3. The molecule has 0 bridgehead atoms. The van der Waals surface area contributed by atoms with E-state index < -0.39 is 5.79 Å². The van der Waals surface area contributed by atoms with Gasteiger partial charge in [0.05, 0.1) is 32.0 Å². The second kappa shape index (κ2) is 11.5. The highest BCUT2D eigenvalue weighted by molar-refractivity contribution is 5.82. The lowest BCUT2D eigenvalue weighted by molar-refractivity contribution is -0.343. The number of rotatable bonds is 9. The van der Waals surface area contributed by atoms with Crippen molar-refractivity contribution in [3.8, 4) is 0 Å². The Balaban J connectivity index is 1.41. The van der Waals surface area contributed by atoms with Crippen molar-refractivity contribution < 1.29 is 18.9 Å². The van der Waals surface area contributed by atoms with Gasteiger partial charge in [-0.2, -0.15) is 0 Å². The largest absolute Gasteiger partial charge is 0.370 e. The fraction of sp³-hybridized carbons (Fsp3) is 0.455. The average molecular weight is 501 g/mol. The van der Waals surface area contributed by atoms with Gasteiger partial charge in [0.25, 0.3) is 0 Å². The highest BCUT2D eigenvalue weighted by atomic mass is 16.7. The maximum absolute atomic E-state index is 6.94. The van der Waals surface area contributed by atoms with E-state index in [-0.39, 0.29) is 36.1 Å². The third kappa shape index (κ3) is 5.53. The van der Waals surface area contributed by atoms with Crippen LogP contribution in [0.2, 0.25) is 0 Å². The molecule has 2 heterocycles. The average Bonchev–Trinajstić information content (AvgIpc) is 3.41. The first-order chi connectivity index (χ1) is 18.0. The van der Waals surface area contributed by atoms with Crippen molar-refractivity contribution in [3.05, 3.63) is 96.6 Å². The van der Waals surface area contributed by atoms with E-state index in [9.17, 15) is 0 Å². The summed E-state index contributed by atoms with van der Waals surface area (Å²) in [5, 5.41) is 2.46. The van der Waals surface area contributed by atoms with Crippen LogP contribution in [0.3, 0.4) is 0 Å². The number of benzene rings is 3. The van der Waals surface area contributed by atoms with Crippen molar-refractivity contribution in [1.82, 2.24) is 0 Å². The molecule has 0 amide bonds.